The van der Waals surface area contributed by atoms with Crippen LogP contribution in [0.25, 0.3) is 5.57 Å². The number of nitrogens with zero attached hydrogens (tertiary/aromatic N) is 1. The summed E-state index contributed by atoms with van der Waals surface area (Å²) < 4.78 is 5.25. The Hall–Kier alpha value is -2.39. The maximum absolute atomic E-state index is 12.3. The summed E-state index contributed by atoms with van der Waals surface area (Å²) in [5.74, 6) is -0.193. The molecule has 1 heterocycles. The maximum Gasteiger partial charge on any atom is 0.335 e. The molecule has 2 aromatic rings. The van der Waals surface area contributed by atoms with Gasteiger partial charge in [0, 0.05) is 19.6 Å². The molecule has 3 rings (SSSR count). The first-order valence-corrected chi connectivity index (χ1v) is 7.98. The minimum atomic E-state index is -0.193. The number of rotatable bonds is 5. The fourth-order valence-electron chi connectivity index (χ4n) is 2.96. The van der Waals surface area contributed by atoms with E-state index in [-0.39, 0.29) is 5.97 Å². The van der Waals surface area contributed by atoms with Crippen LogP contribution in [0, 0.1) is 0 Å². The summed E-state index contributed by atoms with van der Waals surface area (Å²) in [6.07, 6.45) is 0. The fourth-order valence-corrected chi connectivity index (χ4v) is 2.96. The van der Waals surface area contributed by atoms with Gasteiger partial charge in [0.25, 0.3) is 0 Å². The van der Waals surface area contributed by atoms with E-state index in [1.54, 1.807) is 0 Å². The van der Waals surface area contributed by atoms with Crippen LogP contribution in [0.15, 0.2) is 66.2 Å². The third-order valence-electron chi connectivity index (χ3n) is 4.02. The number of benzene rings is 2. The van der Waals surface area contributed by atoms with Crippen molar-refractivity contribution in [2.75, 3.05) is 19.7 Å². The summed E-state index contributed by atoms with van der Waals surface area (Å²) in [6, 6.07) is 20.5. The first-order valence-electron chi connectivity index (χ1n) is 7.98. The van der Waals surface area contributed by atoms with Crippen LogP contribution in [0.3, 0.4) is 0 Å². The average Bonchev–Trinajstić information content (AvgIpc) is 3.01. The molecular weight excluding hydrogens is 286 g/mol. The lowest BCUT2D eigenvalue weighted by Crippen LogP contribution is -2.22. The Bertz CT molecular complexity index is 692. The van der Waals surface area contributed by atoms with Gasteiger partial charge in [-0.25, -0.2) is 4.79 Å². The van der Waals surface area contributed by atoms with E-state index in [2.05, 4.69) is 29.2 Å². The highest BCUT2D eigenvalue weighted by atomic mass is 16.5. The average molecular weight is 307 g/mol. The molecule has 23 heavy (non-hydrogen) atoms. The highest BCUT2D eigenvalue weighted by Gasteiger charge is 2.28. The van der Waals surface area contributed by atoms with Crippen LogP contribution in [-0.2, 0) is 16.1 Å². The van der Waals surface area contributed by atoms with Crippen molar-refractivity contribution >= 4 is 11.5 Å². The van der Waals surface area contributed by atoms with E-state index < -0.39 is 0 Å². The number of ether oxygens (including phenoxy) is 1. The molecule has 0 saturated carbocycles. The van der Waals surface area contributed by atoms with Crippen LogP contribution in [0.2, 0.25) is 0 Å². The van der Waals surface area contributed by atoms with E-state index in [9.17, 15) is 4.79 Å². The normalized spacial score (nSPS) is 15.0. The lowest BCUT2D eigenvalue weighted by molar-refractivity contribution is -0.138. The van der Waals surface area contributed by atoms with Crippen LogP contribution in [0.1, 0.15) is 18.1 Å². The molecule has 0 amide bonds. The summed E-state index contributed by atoms with van der Waals surface area (Å²) in [5, 5.41) is 0. The van der Waals surface area contributed by atoms with Crippen LogP contribution in [-0.4, -0.2) is 30.6 Å². The molecule has 0 unspecified atom stereocenters. The monoisotopic (exact) mass is 307 g/mol. The Morgan fingerprint density at radius 3 is 2.30 bits per heavy atom. The van der Waals surface area contributed by atoms with Crippen molar-refractivity contribution in [2.45, 2.75) is 13.5 Å². The Morgan fingerprint density at radius 1 is 1.00 bits per heavy atom. The van der Waals surface area contributed by atoms with Crippen LogP contribution in [0.4, 0.5) is 0 Å². The quantitative estimate of drug-likeness (QED) is 0.792. The molecule has 3 heteroatoms. The van der Waals surface area contributed by atoms with Gasteiger partial charge in [0.15, 0.2) is 0 Å². The molecule has 2 aromatic carbocycles. The molecule has 0 aromatic heterocycles. The Labute approximate surface area is 137 Å². The third kappa shape index (κ3) is 3.69. The number of hydrogen-bond acceptors (Lipinski definition) is 3. The molecule has 0 radical (unpaired) electrons. The van der Waals surface area contributed by atoms with E-state index >= 15 is 0 Å². The molecule has 0 N–H and O–H groups in total. The summed E-state index contributed by atoms with van der Waals surface area (Å²) in [5.41, 5.74) is 4.23. The van der Waals surface area contributed by atoms with Crippen molar-refractivity contribution in [1.82, 2.24) is 4.90 Å². The van der Waals surface area contributed by atoms with Gasteiger partial charge in [0.05, 0.1) is 12.2 Å². The smallest absolute Gasteiger partial charge is 0.335 e. The van der Waals surface area contributed by atoms with Gasteiger partial charge in [0.2, 0.25) is 0 Å². The molecule has 1 aliphatic rings. The van der Waals surface area contributed by atoms with Gasteiger partial charge < -0.3 is 4.74 Å². The van der Waals surface area contributed by atoms with E-state index in [0.717, 1.165) is 29.8 Å². The van der Waals surface area contributed by atoms with Crippen molar-refractivity contribution < 1.29 is 9.53 Å². The molecule has 1 aliphatic heterocycles. The minimum Gasteiger partial charge on any atom is -0.463 e. The number of hydrogen-bond donors (Lipinski definition) is 0. The van der Waals surface area contributed by atoms with Crippen molar-refractivity contribution in [3.05, 3.63) is 77.4 Å². The van der Waals surface area contributed by atoms with Crippen LogP contribution >= 0.6 is 0 Å². The van der Waals surface area contributed by atoms with Crippen LogP contribution in [0.5, 0.6) is 0 Å². The van der Waals surface area contributed by atoms with Crippen molar-refractivity contribution in [1.29, 1.82) is 0 Å². The largest absolute Gasteiger partial charge is 0.463 e. The molecule has 0 spiro atoms. The minimum absolute atomic E-state index is 0.193. The van der Waals surface area contributed by atoms with Gasteiger partial charge in [-0.05, 0) is 23.6 Å². The second kappa shape index (κ2) is 7.25. The van der Waals surface area contributed by atoms with Gasteiger partial charge >= 0.3 is 5.97 Å². The lowest BCUT2D eigenvalue weighted by Gasteiger charge is -2.16. The van der Waals surface area contributed by atoms with Gasteiger partial charge in [0.1, 0.15) is 0 Å². The maximum atomic E-state index is 12.3. The predicted molar refractivity (Wildman–Crippen MR) is 91.7 cm³/mol. The first-order chi connectivity index (χ1) is 11.3. The third-order valence-corrected chi connectivity index (χ3v) is 4.02. The van der Waals surface area contributed by atoms with Gasteiger partial charge in [-0.2, -0.15) is 0 Å². The second-order valence-corrected chi connectivity index (χ2v) is 5.67. The molecule has 0 fully saturated rings. The topological polar surface area (TPSA) is 29.5 Å². The Morgan fingerprint density at radius 2 is 1.65 bits per heavy atom. The summed E-state index contributed by atoms with van der Waals surface area (Å²) in [4.78, 5) is 14.6. The summed E-state index contributed by atoms with van der Waals surface area (Å²) >= 11 is 0. The van der Waals surface area contributed by atoms with Gasteiger partial charge in [-0.3, -0.25) is 4.90 Å². The number of carbonyl (C=O) groups excluding carboxylic acids is 1. The van der Waals surface area contributed by atoms with Gasteiger partial charge in [-0.1, -0.05) is 60.7 Å². The Kier molecular flexibility index (Phi) is 4.89. The predicted octanol–water partition coefficient (Wildman–Crippen LogP) is 3.52. The van der Waals surface area contributed by atoms with E-state index in [0.29, 0.717) is 13.2 Å². The summed E-state index contributed by atoms with van der Waals surface area (Å²) in [7, 11) is 0. The van der Waals surface area contributed by atoms with E-state index in [1.807, 2.05) is 43.3 Å². The molecule has 3 nitrogen and oxygen atoms in total. The summed E-state index contributed by atoms with van der Waals surface area (Å²) in [6.45, 7) is 4.49. The molecular formula is C20H21NO2. The van der Waals surface area contributed by atoms with Crippen molar-refractivity contribution in [3.8, 4) is 0 Å². The highest BCUT2D eigenvalue weighted by Crippen LogP contribution is 2.28. The molecule has 0 aliphatic carbocycles. The molecule has 0 atom stereocenters. The number of carbonyl (C=O) groups is 1. The van der Waals surface area contributed by atoms with Crippen molar-refractivity contribution in [3.63, 3.8) is 0 Å². The van der Waals surface area contributed by atoms with Crippen molar-refractivity contribution in [2.24, 2.45) is 0 Å². The van der Waals surface area contributed by atoms with E-state index in [4.69, 9.17) is 4.74 Å². The SMILES string of the molecule is CCOC(=O)C1=C(c2ccccc2)CN(Cc2ccccc2)C1. The Balaban J connectivity index is 1.82. The van der Waals surface area contributed by atoms with E-state index in [1.165, 1.54) is 5.56 Å². The van der Waals surface area contributed by atoms with Crippen LogP contribution < -0.4 is 0 Å². The fraction of sp³-hybridized carbons (Fsp3) is 0.250. The highest BCUT2D eigenvalue weighted by molar-refractivity contribution is 5.99. The van der Waals surface area contributed by atoms with Gasteiger partial charge in [-0.15, -0.1) is 0 Å². The molecule has 118 valence electrons. The lowest BCUT2D eigenvalue weighted by atomic mass is 10.0. The first kappa shape index (κ1) is 15.5. The zero-order chi connectivity index (χ0) is 16.1. The number of esters is 1. The second-order valence-electron chi connectivity index (χ2n) is 5.67. The molecule has 0 saturated heterocycles. The zero-order valence-electron chi connectivity index (χ0n) is 13.4. The zero-order valence-corrected chi connectivity index (χ0v) is 13.4. The standard InChI is InChI=1S/C20H21NO2/c1-2-23-20(22)19-15-21(13-16-9-5-3-6-10-16)14-18(19)17-11-7-4-8-12-17/h3-12H,2,13-15H2,1H3. The molecule has 0 bridgehead atoms.